The average molecular weight is 235 g/mol. The molecule has 2 N–H and O–H groups in total. The van der Waals surface area contributed by atoms with E-state index >= 15 is 0 Å². The Balaban J connectivity index is 2.41. The third kappa shape index (κ3) is 1.91. The number of nitrogens with zero attached hydrogens (tertiary/aromatic N) is 4. The molecule has 1 unspecified atom stereocenters. The molecule has 90 valence electrons. The van der Waals surface area contributed by atoms with Crippen molar-refractivity contribution in [3.05, 3.63) is 18.7 Å². The predicted octanol–water partition coefficient (Wildman–Crippen LogP) is 0.789. The van der Waals surface area contributed by atoms with Crippen molar-refractivity contribution in [1.82, 2.24) is 19.6 Å². The van der Waals surface area contributed by atoms with Gasteiger partial charge in [0.2, 0.25) is 5.65 Å². The fourth-order valence-electron chi connectivity index (χ4n) is 1.40. The number of carboxylic acid groups (broad SMARTS) is 1. The van der Waals surface area contributed by atoms with Gasteiger partial charge in [0.25, 0.3) is 0 Å². The Morgan fingerprint density at radius 3 is 3.06 bits per heavy atom. The number of carbonyl (C=O) groups is 1. The summed E-state index contributed by atoms with van der Waals surface area (Å²) in [5.41, 5.74) is -0.561. The van der Waals surface area contributed by atoms with Crippen molar-refractivity contribution >= 4 is 17.4 Å². The number of rotatable bonds is 4. The summed E-state index contributed by atoms with van der Waals surface area (Å²) < 4.78 is 1.67. The van der Waals surface area contributed by atoms with E-state index in [2.05, 4.69) is 20.5 Å². The van der Waals surface area contributed by atoms with Crippen LogP contribution in [0.5, 0.6) is 0 Å². The second-order valence-electron chi connectivity index (χ2n) is 3.95. The molecular formula is C10H13N5O2. The van der Waals surface area contributed by atoms with E-state index in [-0.39, 0.29) is 0 Å². The van der Waals surface area contributed by atoms with Gasteiger partial charge >= 0.3 is 5.97 Å². The van der Waals surface area contributed by atoms with Gasteiger partial charge in [-0.1, -0.05) is 6.92 Å². The summed E-state index contributed by atoms with van der Waals surface area (Å²) in [6.45, 7) is 3.40. The SMILES string of the molecule is CCC(C)(Nc1nccn2cnnc12)C(=O)O. The van der Waals surface area contributed by atoms with E-state index < -0.39 is 11.5 Å². The van der Waals surface area contributed by atoms with Crippen LogP contribution in [0.3, 0.4) is 0 Å². The second-order valence-corrected chi connectivity index (χ2v) is 3.95. The first-order valence-electron chi connectivity index (χ1n) is 5.23. The van der Waals surface area contributed by atoms with Crippen molar-refractivity contribution in [3.63, 3.8) is 0 Å². The number of anilines is 1. The molecule has 0 aliphatic carbocycles. The van der Waals surface area contributed by atoms with E-state index in [1.165, 1.54) is 6.33 Å². The number of hydrogen-bond acceptors (Lipinski definition) is 5. The summed E-state index contributed by atoms with van der Waals surface area (Å²) in [5, 5.41) is 19.7. The molecule has 17 heavy (non-hydrogen) atoms. The number of aromatic nitrogens is 4. The normalized spacial score (nSPS) is 14.5. The molecule has 0 saturated heterocycles. The molecule has 7 heteroatoms. The lowest BCUT2D eigenvalue weighted by Crippen LogP contribution is -2.43. The number of aliphatic carboxylic acids is 1. The Morgan fingerprint density at radius 2 is 2.41 bits per heavy atom. The largest absolute Gasteiger partial charge is 0.480 e. The highest BCUT2D eigenvalue weighted by Crippen LogP contribution is 2.19. The molecule has 0 fully saturated rings. The van der Waals surface area contributed by atoms with E-state index in [1.807, 2.05) is 0 Å². The van der Waals surface area contributed by atoms with Crippen molar-refractivity contribution in [2.24, 2.45) is 0 Å². The van der Waals surface area contributed by atoms with Crippen molar-refractivity contribution in [2.75, 3.05) is 5.32 Å². The van der Waals surface area contributed by atoms with Crippen molar-refractivity contribution in [1.29, 1.82) is 0 Å². The lowest BCUT2D eigenvalue weighted by Gasteiger charge is -2.25. The molecule has 7 nitrogen and oxygen atoms in total. The lowest BCUT2D eigenvalue weighted by molar-refractivity contribution is -0.141. The Labute approximate surface area is 97.5 Å². The Hall–Kier alpha value is -2.18. The summed E-state index contributed by atoms with van der Waals surface area (Å²) in [6.07, 6.45) is 5.23. The zero-order valence-electron chi connectivity index (χ0n) is 9.58. The van der Waals surface area contributed by atoms with E-state index in [1.54, 1.807) is 30.6 Å². The van der Waals surface area contributed by atoms with Gasteiger partial charge in [0.1, 0.15) is 11.9 Å². The van der Waals surface area contributed by atoms with E-state index in [9.17, 15) is 9.90 Å². The summed E-state index contributed by atoms with van der Waals surface area (Å²) in [4.78, 5) is 15.3. The van der Waals surface area contributed by atoms with Crippen LogP contribution in [0.1, 0.15) is 20.3 Å². The topological polar surface area (TPSA) is 92.4 Å². The maximum absolute atomic E-state index is 11.2. The van der Waals surface area contributed by atoms with Crippen molar-refractivity contribution in [3.8, 4) is 0 Å². The number of fused-ring (bicyclic) bond motifs is 1. The van der Waals surface area contributed by atoms with Crippen molar-refractivity contribution in [2.45, 2.75) is 25.8 Å². The van der Waals surface area contributed by atoms with Crippen LogP contribution >= 0.6 is 0 Å². The first kappa shape index (κ1) is 11.3. The zero-order valence-corrected chi connectivity index (χ0v) is 9.58. The number of nitrogens with one attached hydrogen (secondary N) is 1. The van der Waals surface area contributed by atoms with Crippen LogP contribution in [0, 0.1) is 0 Å². The quantitative estimate of drug-likeness (QED) is 0.813. The fraction of sp³-hybridized carbons (Fsp3) is 0.400. The van der Waals surface area contributed by atoms with Gasteiger partial charge in [-0.05, 0) is 13.3 Å². The van der Waals surface area contributed by atoms with Crippen LogP contribution < -0.4 is 5.32 Å². The standard InChI is InChI=1S/C10H13N5O2/c1-3-10(2,9(16)17)13-7-8-14-12-6-15(8)5-4-11-7/h4-6H,3H2,1-2H3,(H,11,13)(H,16,17). The van der Waals surface area contributed by atoms with Crippen LogP contribution in [0.4, 0.5) is 5.82 Å². The summed E-state index contributed by atoms with van der Waals surface area (Å²) in [7, 11) is 0. The van der Waals surface area contributed by atoms with E-state index in [4.69, 9.17) is 0 Å². The molecule has 2 aromatic rings. The fourth-order valence-corrected chi connectivity index (χ4v) is 1.40. The molecule has 0 amide bonds. The van der Waals surface area contributed by atoms with Gasteiger partial charge in [-0.25, -0.2) is 9.78 Å². The minimum atomic E-state index is -1.07. The van der Waals surface area contributed by atoms with E-state index in [0.717, 1.165) is 0 Å². The van der Waals surface area contributed by atoms with Gasteiger partial charge < -0.3 is 10.4 Å². The van der Waals surface area contributed by atoms with Crippen LogP contribution in [0.2, 0.25) is 0 Å². The monoisotopic (exact) mass is 235 g/mol. The first-order chi connectivity index (χ1) is 8.07. The molecule has 1 atom stereocenters. The van der Waals surface area contributed by atoms with Gasteiger partial charge in [-0.3, -0.25) is 4.40 Å². The van der Waals surface area contributed by atoms with Crippen LogP contribution in [0.25, 0.3) is 5.65 Å². The van der Waals surface area contributed by atoms with E-state index in [0.29, 0.717) is 17.9 Å². The molecule has 0 radical (unpaired) electrons. The minimum Gasteiger partial charge on any atom is -0.480 e. The second kappa shape index (κ2) is 4.00. The Bertz CT molecular complexity index is 552. The molecule has 0 aliphatic rings. The third-order valence-electron chi connectivity index (χ3n) is 2.79. The molecule has 0 bridgehead atoms. The number of hydrogen-bond donors (Lipinski definition) is 2. The summed E-state index contributed by atoms with van der Waals surface area (Å²) in [6, 6.07) is 0. The van der Waals surface area contributed by atoms with Crippen LogP contribution in [-0.2, 0) is 4.79 Å². The van der Waals surface area contributed by atoms with Gasteiger partial charge in [-0.15, -0.1) is 10.2 Å². The third-order valence-corrected chi connectivity index (χ3v) is 2.79. The minimum absolute atomic E-state index is 0.414. The molecular weight excluding hydrogens is 222 g/mol. The maximum Gasteiger partial charge on any atom is 0.329 e. The van der Waals surface area contributed by atoms with Gasteiger partial charge in [0, 0.05) is 12.4 Å². The lowest BCUT2D eigenvalue weighted by atomic mass is 9.99. The van der Waals surface area contributed by atoms with Gasteiger partial charge in [0.15, 0.2) is 5.82 Å². The summed E-state index contributed by atoms with van der Waals surface area (Å²) >= 11 is 0. The molecule has 0 saturated carbocycles. The highest BCUT2D eigenvalue weighted by atomic mass is 16.4. The van der Waals surface area contributed by atoms with Crippen LogP contribution in [-0.4, -0.2) is 36.2 Å². The van der Waals surface area contributed by atoms with Gasteiger partial charge in [-0.2, -0.15) is 0 Å². The number of carboxylic acids is 1. The smallest absolute Gasteiger partial charge is 0.329 e. The van der Waals surface area contributed by atoms with Crippen molar-refractivity contribution < 1.29 is 9.90 Å². The Kier molecular flexibility index (Phi) is 2.66. The van der Waals surface area contributed by atoms with Gasteiger partial charge in [0.05, 0.1) is 0 Å². The zero-order chi connectivity index (χ0) is 12.5. The molecule has 2 heterocycles. The Morgan fingerprint density at radius 1 is 1.65 bits per heavy atom. The molecule has 2 aromatic heterocycles. The van der Waals surface area contributed by atoms with Crippen LogP contribution in [0.15, 0.2) is 18.7 Å². The highest BCUT2D eigenvalue weighted by molar-refractivity contribution is 5.83. The molecule has 0 spiro atoms. The predicted molar refractivity (Wildman–Crippen MR) is 60.7 cm³/mol. The molecule has 0 aliphatic heterocycles. The summed E-state index contributed by atoms with van der Waals surface area (Å²) in [5.74, 6) is -0.514. The first-order valence-corrected chi connectivity index (χ1v) is 5.23. The highest BCUT2D eigenvalue weighted by Gasteiger charge is 2.32. The maximum atomic E-state index is 11.2. The molecule has 2 rings (SSSR count). The molecule has 0 aromatic carbocycles. The average Bonchev–Trinajstić information content (AvgIpc) is 2.77.